The predicted octanol–water partition coefficient (Wildman–Crippen LogP) is 2.19. The number of alkyl halides is 3. The van der Waals surface area contributed by atoms with Gasteiger partial charge in [-0.15, -0.1) is 13.2 Å². The Labute approximate surface area is 127 Å². The minimum Gasteiger partial charge on any atom is -0.404 e. The first-order valence-corrected chi connectivity index (χ1v) is 6.23. The van der Waals surface area contributed by atoms with Crippen molar-refractivity contribution in [3.8, 4) is 5.75 Å². The molecule has 0 spiro atoms. The summed E-state index contributed by atoms with van der Waals surface area (Å²) in [5.41, 5.74) is 0.519. The van der Waals surface area contributed by atoms with E-state index < -0.39 is 23.9 Å². The number of halogens is 3. The summed E-state index contributed by atoms with van der Waals surface area (Å²) in [5, 5.41) is 10.5. The average molecular weight is 328 g/mol. The molecule has 0 bridgehead atoms. The van der Waals surface area contributed by atoms with Crippen LogP contribution in [0.25, 0.3) is 0 Å². The van der Waals surface area contributed by atoms with Gasteiger partial charge in [0.25, 0.3) is 0 Å². The van der Waals surface area contributed by atoms with Crippen LogP contribution in [0.5, 0.6) is 5.75 Å². The lowest BCUT2D eigenvalue weighted by atomic mass is 10.3. The highest BCUT2D eigenvalue weighted by molar-refractivity contribution is 6.43. The molecule has 2 amide bonds. The number of aromatic nitrogens is 2. The van der Waals surface area contributed by atoms with E-state index in [1.54, 1.807) is 6.92 Å². The summed E-state index contributed by atoms with van der Waals surface area (Å²) < 4.78 is 40.6. The molecular weight excluding hydrogens is 317 g/mol. The van der Waals surface area contributed by atoms with Gasteiger partial charge in [0.2, 0.25) is 0 Å². The van der Waals surface area contributed by atoms with Gasteiger partial charge in [0.1, 0.15) is 0 Å². The molecule has 1 aromatic heterocycles. The first-order valence-electron chi connectivity index (χ1n) is 6.23. The molecule has 2 rings (SSSR count). The number of carbonyl (C=O) groups is 2. The molecule has 10 heteroatoms. The van der Waals surface area contributed by atoms with Crippen LogP contribution in [0.2, 0.25) is 0 Å². The summed E-state index contributed by atoms with van der Waals surface area (Å²) in [7, 11) is 0. The number of nitrogens with one attached hydrogen (secondary N) is 3. The second-order valence-corrected chi connectivity index (χ2v) is 4.36. The number of ether oxygens (including phenoxy) is 1. The smallest absolute Gasteiger partial charge is 0.404 e. The molecule has 0 unspecified atom stereocenters. The van der Waals surface area contributed by atoms with Crippen molar-refractivity contribution in [1.82, 2.24) is 10.2 Å². The molecule has 0 saturated heterocycles. The zero-order valence-corrected chi connectivity index (χ0v) is 11.7. The van der Waals surface area contributed by atoms with Gasteiger partial charge in [-0.05, 0) is 19.1 Å². The van der Waals surface area contributed by atoms with E-state index in [1.165, 1.54) is 24.4 Å². The third kappa shape index (κ3) is 4.46. The quantitative estimate of drug-likeness (QED) is 0.753. The van der Waals surface area contributed by atoms with Gasteiger partial charge < -0.3 is 15.4 Å². The number of anilines is 2. The number of para-hydroxylation sites is 2. The molecule has 0 aliphatic heterocycles. The highest BCUT2D eigenvalue weighted by Crippen LogP contribution is 2.29. The van der Waals surface area contributed by atoms with Crippen LogP contribution in [0.1, 0.15) is 5.69 Å². The Balaban J connectivity index is 2.08. The number of benzene rings is 1. The van der Waals surface area contributed by atoms with Crippen molar-refractivity contribution in [2.24, 2.45) is 0 Å². The number of hydrogen-bond acceptors (Lipinski definition) is 4. The summed E-state index contributed by atoms with van der Waals surface area (Å²) in [6.45, 7) is 1.62. The molecule has 0 fully saturated rings. The average Bonchev–Trinajstić information content (AvgIpc) is 2.85. The van der Waals surface area contributed by atoms with Gasteiger partial charge >= 0.3 is 18.2 Å². The van der Waals surface area contributed by atoms with Crippen LogP contribution in [0.4, 0.5) is 24.5 Å². The van der Waals surface area contributed by atoms with Gasteiger partial charge in [0.05, 0.1) is 23.3 Å². The Morgan fingerprint density at radius 1 is 1.13 bits per heavy atom. The minimum absolute atomic E-state index is 0.282. The Morgan fingerprint density at radius 2 is 1.74 bits per heavy atom. The molecule has 3 N–H and O–H groups in total. The van der Waals surface area contributed by atoms with Gasteiger partial charge in [-0.25, -0.2) is 0 Å². The van der Waals surface area contributed by atoms with Crippen molar-refractivity contribution in [2.75, 3.05) is 10.6 Å². The standard InChI is InChI=1S/C13H11F3N4O3/c1-7-9(6-17-20-7)19-12(22)11(21)18-8-4-2-3-5-10(8)23-13(14,15)16/h2-6H,1H3,(H,17,20)(H,18,21)(H,19,22). The Bertz CT molecular complexity index is 727. The lowest BCUT2D eigenvalue weighted by Gasteiger charge is -2.13. The van der Waals surface area contributed by atoms with Gasteiger partial charge in [-0.1, -0.05) is 12.1 Å². The summed E-state index contributed by atoms with van der Waals surface area (Å²) in [6.07, 6.45) is -3.63. The number of aryl methyl sites for hydroxylation is 1. The number of hydrogen-bond donors (Lipinski definition) is 3. The topological polar surface area (TPSA) is 96.1 Å². The zero-order chi connectivity index (χ0) is 17.0. The summed E-state index contributed by atoms with van der Waals surface area (Å²) >= 11 is 0. The van der Waals surface area contributed by atoms with Crippen LogP contribution in [0.15, 0.2) is 30.5 Å². The van der Waals surface area contributed by atoms with Crippen LogP contribution in [-0.4, -0.2) is 28.4 Å². The third-order valence-corrected chi connectivity index (χ3v) is 2.65. The van der Waals surface area contributed by atoms with E-state index in [2.05, 4.69) is 25.6 Å². The maximum atomic E-state index is 12.3. The van der Waals surface area contributed by atoms with E-state index in [0.717, 1.165) is 6.07 Å². The molecule has 2 aromatic rings. The van der Waals surface area contributed by atoms with Crippen molar-refractivity contribution in [1.29, 1.82) is 0 Å². The van der Waals surface area contributed by atoms with Crippen LogP contribution >= 0.6 is 0 Å². The van der Waals surface area contributed by atoms with Gasteiger partial charge in [0.15, 0.2) is 5.75 Å². The molecule has 0 radical (unpaired) electrons. The second-order valence-electron chi connectivity index (χ2n) is 4.36. The number of rotatable bonds is 3. The predicted molar refractivity (Wildman–Crippen MR) is 73.7 cm³/mol. The Kier molecular flexibility index (Phi) is 4.53. The zero-order valence-electron chi connectivity index (χ0n) is 11.7. The first-order chi connectivity index (χ1) is 10.8. The molecule has 1 heterocycles. The highest BCUT2D eigenvalue weighted by Gasteiger charge is 2.32. The molecule has 0 aliphatic carbocycles. The highest BCUT2D eigenvalue weighted by atomic mass is 19.4. The fourth-order valence-corrected chi connectivity index (χ4v) is 1.62. The van der Waals surface area contributed by atoms with Crippen LogP contribution < -0.4 is 15.4 Å². The van der Waals surface area contributed by atoms with Gasteiger partial charge in [-0.2, -0.15) is 5.10 Å². The number of aromatic amines is 1. The molecular formula is C13H11F3N4O3. The Morgan fingerprint density at radius 3 is 2.30 bits per heavy atom. The molecule has 0 saturated carbocycles. The minimum atomic E-state index is -4.92. The number of nitrogens with zero attached hydrogens (tertiary/aromatic N) is 1. The van der Waals surface area contributed by atoms with E-state index in [9.17, 15) is 22.8 Å². The van der Waals surface area contributed by atoms with E-state index >= 15 is 0 Å². The summed E-state index contributed by atoms with van der Waals surface area (Å²) in [6, 6.07) is 4.87. The lowest BCUT2D eigenvalue weighted by molar-refractivity contribution is -0.274. The van der Waals surface area contributed by atoms with Crippen LogP contribution in [0, 0.1) is 6.92 Å². The SMILES string of the molecule is Cc1[nH]ncc1NC(=O)C(=O)Nc1ccccc1OC(F)(F)F. The van der Waals surface area contributed by atoms with Crippen molar-refractivity contribution >= 4 is 23.2 Å². The number of amides is 2. The van der Waals surface area contributed by atoms with Crippen molar-refractivity contribution in [2.45, 2.75) is 13.3 Å². The first kappa shape index (κ1) is 16.3. The van der Waals surface area contributed by atoms with E-state index in [0.29, 0.717) is 5.69 Å². The fourth-order valence-electron chi connectivity index (χ4n) is 1.62. The van der Waals surface area contributed by atoms with E-state index in [-0.39, 0.29) is 11.4 Å². The van der Waals surface area contributed by atoms with Crippen LogP contribution in [0.3, 0.4) is 0 Å². The number of H-pyrrole nitrogens is 1. The van der Waals surface area contributed by atoms with Crippen molar-refractivity contribution in [3.05, 3.63) is 36.2 Å². The molecule has 1 aromatic carbocycles. The summed E-state index contributed by atoms with van der Waals surface area (Å²) in [4.78, 5) is 23.5. The Hall–Kier alpha value is -3.04. The van der Waals surface area contributed by atoms with Gasteiger partial charge in [-0.3, -0.25) is 14.7 Å². The molecule has 122 valence electrons. The molecule has 0 atom stereocenters. The normalized spacial score (nSPS) is 11.0. The van der Waals surface area contributed by atoms with Crippen molar-refractivity contribution < 1.29 is 27.5 Å². The van der Waals surface area contributed by atoms with Crippen molar-refractivity contribution in [3.63, 3.8) is 0 Å². The molecule has 0 aliphatic rings. The second kappa shape index (κ2) is 6.38. The van der Waals surface area contributed by atoms with E-state index in [4.69, 9.17) is 0 Å². The number of carbonyl (C=O) groups excluding carboxylic acids is 2. The third-order valence-electron chi connectivity index (χ3n) is 2.65. The van der Waals surface area contributed by atoms with Gasteiger partial charge in [0, 0.05) is 0 Å². The monoisotopic (exact) mass is 328 g/mol. The van der Waals surface area contributed by atoms with E-state index in [1.807, 2.05) is 0 Å². The molecule has 7 nitrogen and oxygen atoms in total. The lowest BCUT2D eigenvalue weighted by Crippen LogP contribution is -2.29. The molecule has 23 heavy (non-hydrogen) atoms. The summed E-state index contributed by atoms with van der Waals surface area (Å²) in [5.74, 6) is -2.83. The largest absolute Gasteiger partial charge is 0.573 e. The van der Waals surface area contributed by atoms with Crippen LogP contribution in [-0.2, 0) is 9.59 Å². The maximum absolute atomic E-state index is 12.3. The maximum Gasteiger partial charge on any atom is 0.573 e. The fraction of sp³-hybridized carbons (Fsp3) is 0.154.